The molecule has 3 N–H and O–H groups in total. The molecule has 0 aliphatic heterocycles. The van der Waals surface area contributed by atoms with Gasteiger partial charge in [-0.05, 0) is 13.8 Å². The molecular weight excluding hydrogens is 228 g/mol. The Morgan fingerprint density at radius 1 is 1.44 bits per heavy atom. The van der Waals surface area contributed by atoms with E-state index in [1.54, 1.807) is 25.5 Å². The van der Waals surface area contributed by atoms with Gasteiger partial charge in [0.15, 0.2) is 0 Å². The first-order valence-electron chi connectivity index (χ1n) is 5.17. The number of nitrogens with one attached hydrogen (secondary N) is 1. The minimum Gasteiger partial charge on any atom is -0.329 e. The average Bonchev–Trinajstić information content (AvgIpc) is 2.42. The highest BCUT2D eigenvalue weighted by Gasteiger charge is 2.23. The van der Waals surface area contributed by atoms with Crippen LogP contribution in [0.3, 0.4) is 0 Å². The first-order chi connectivity index (χ1) is 7.44. The normalized spacial score (nSPS) is 12.0. The molecule has 0 aliphatic rings. The second-order valence-corrected chi connectivity index (χ2v) is 5.22. The molecule has 0 unspecified atom stereocenters. The Morgan fingerprint density at radius 3 is 2.56 bits per heavy atom. The van der Waals surface area contributed by atoms with Crippen molar-refractivity contribution in [1.29, 1.82) is 0 Å². The van der Waals surface area contributed by atoms with Gasteiger partial charge in [-0.25, -0.2) is 13.1 Å². The third-order valence-electron chi connectivity index (χ3n) is 2.26. The van der Waals surface area contributed by atoms with Crippen LogP contribution in [-0.2, 0) is 16.6 Å². The summed E-state index contributed by atoms with van der Waals surface area (Å²) in [6, 6.07) is 0. The molecule has 1 rings (SSSR count). The molecule has 16 heavy (non-hydrogen) atoms. The van der Waals surface area contributed by atoms with Gasteiger partial charge in [0, 0.05) is 13.1 Å². The number of nitrogens with two attached hydrogens (primary N) is 1. The highest BCUT2D eigenvalue weighted by molar-refractivity contribution is 7.89. The van der Waals surface area contributed by atoms with Crippen LogP contribution in [-0.4, -0.2) is 31.3 Å². The van der Waals surface area contributed by atoms with Gasteiger partial charge in [-0.3, -0.25) is 4.68 Å². The highest BCUT2D eigenvalue weighted by atomic mass is 32.2. The van der Waals surface area contributed by atoms with Crippen LogP contribution in [0.2, 0.25) is 0 Å². The van der Waals surface area contributed by atoms with Gasteiger partial charge in [-0.2, -0.15) is 5.10 Å². The Kier molecular flexibility index (Phi) is 4.06. The molecule has 0 aromatic carbocycles. The van der Waals surface area contributed by atoms with Crippen molar-refractivity contribution in [2.75, 3.05) is 13.1 Å². The highest BCUT2D eigenvalue weighted by Crippen LogP contribution is 2.18. The molecule has 6 nitrogen and oxygen atoms in total. The quantitative estimate of drug-likeness (QED) is 0.750. The maximum atomic E-state index is 11.9. The summed E-state index contributed by atoms with van der Waals surface area (Å²) in [5, 5.41) is 4.17. The number of hydrogen-bond acceptors (Lipinski definition) is 4. The van der Waals surface area contributed by atoms with Crippen LogP contribution in [0, 0.1) is 13.8 Å². The Morgan fingerprint density at radius 2 is 2.06 bits per heavy atom. The first-order valence-corrected chi connectivity index (χ1v) is 6.66. The second kappa shape index (κ2) is 4.94. The van der Waals surface area contributed by atoms with Gasteiger partial charge in [0.05, 0.1) is 17.9 Å². The van der Waals surface area contributed by atoms with E-state index in [0.29, 0.717) is 31.0 Å². The van der Waals surface area contributed by atoms with Gasteiger partial charge < -0.3 is 5.73 Å². The van der Waals surface area contributed by atoms with Gasteiger partial charge in [0.1, 0.15) is 4.90 Å². The van der Waals surface area contributed by atoms with Crippen LogP contribution < -0.4 is 10.5 Å². The van der Waals surface area contributed by atoms with Gasteiger partial charge in [-0.1, -0.05) is 6.92 Å². The topological polar surface area (TPSA) is 90.0 Å². The zero-order chi connectivity index (χ0) is 12.3. The van der Waals surface area contributed by atoms with Crippen molar-refractivity contribution in [2.45, 2.75) is 32.2 Å². The Bertz CT molecular complexity index is 464. The third kappa shape index (κ3) is 2.42. The predicted molar refractivity (Wildman–Crippen MR) is 61.6 cm³/mol. The van der Waals surface area contributed by atoms with Gasteiger partial charge in [-0.15, -0.1) is 0 Å². The molecule has 7 heteroatoms. The number of nitrogens with zero attached hydrogens (tertiary/aromatic N) is 2. The molecule has 0 fully saturated rings. The van der Waals surface area contributed by atoms with E-state index in [1.807, 2.05) is 0 Å². The predicted octanol–water partition coefficient (Wildman–Crippen LogP) is -0.243. The van der Waals surface area contributed by atoms with Crippen LogP contribution in [0.15, 0.2) is 4.90 Å². The lowest BCUT2D eigenvalue weighted by Gasteiger charge is -2.05. The Labute approximate surface area is 95.9 Å². The summed E-state index contributed by atoms with van der Waals surface area (Å²) in [5.74, 6) is 0. The molecule has 1 aromatic rings. The van der Waals surface area contributed by atoms with Crippen LogP contribution in [0.4, 0.5) is 0 Å². The molecule has 0 bridgehead atoms. The Balaban J connectivity index is 3.24. The fourth-order valence-corrected chi connectivity index (χ4v) is 3.12. The molecule has 0 radical (unpaired) electrons. The van der Waals surface area contributed by atoms with Crippen molar-refractivity contribution in [3.63, 3.8) is 0 Å². The largest absolute Gasteiger partial charge is 0.329 e. The van der Waals surface area contributed by atoms with Crippen LogP contribution in [0.5, 0.6) is 0 Å². The van der Waals surface area contributed by atoms with E-state index in [1.165, 1.54) is 0 Å². The van der Waals surface area contributed by atoms with Gasteiger partial charge in [0.2, 0.25) is 10.0 Å². The fourth-order valence-electron chi connectivity index (χ4n) is 1.67. The molecular formula is C9H18N4O2S. The summed E-state index contributed by atoms with van der Waals surface area (Å²) in [4.78, 5) is 0.266. The summed E-state index contributed by atoms with van der Waals surface area (Å²) in [6.07, 6.45) is 0. The molecule has 1 aromatic heterocycles. The minimum atomic E-state index is -3.44. The van der Waals surface area contributed by atoms with Crippen molar-refractivity contribution >= 4 is 10.0 Å². The lowest BCUT2D eigenvalue weighted by atomic mass is 10.4. The number of sulfonamides is 1. The van der Waals surface area contributed by atoms with Gasteiger partial charge >= 0.3 is 0 Å². The molecule has 0 saturated heterocycles. The van der Waals surface area contributed by atoms with Crippen molar-refractivity contribution in [3.8, 4) is 0 Å². The zero-order valence-electron chi connectivity index (χ0n) is 9.82. The van der Waals surface area contributed by atoms with E-state index >= 15 is 0 Å². The minimum absolute atomic E-state index is 0.266. The average molecular weight is 246 g/mol. The van der Waals surface area contributed by atoms with E-state index in [9.17, 15) is 8.42 Å². The van der Waals surface area contributed by atoms with Crippen molar-refractivity contribution < 1.29 is 8.42 Å². The molecule has 0 spiro atoms. The smallest absolute Gasteiger partial charge is 0.244 e. The van der Waals surface area contributed by atoms with Crippen LogP contribution in [0.25, 0.3) is 0 Å². The molecule has 0 atom stereocenters. The number of rotatable bonds is 5. The van der Waals surface area contributed by atoms with E-state index in [0.717, 1.165) is 0 Å². The monoisotopic (exact) mass is 246 g/mol. The van der Waals surface area contributed by atoms with Crippen molar-refractivity contribution in [1.82, 2.24) is 14.5 Å². The fraction of sp³-hybridized carbons (Fsp3) is 0.667. The summed E-state index contributed by atoms with van der Waals surface area (Å²) in [6.45, 7) is 6.48. The lowest BCUT2D eigenvalue weighted by molar-refractivity contribution is 0.579. The molecule has 0 aliphatic carbocycles. The van der Waals surface area contributed by atoms with Crippen molar-refractivity contribution in [2.24, 2.45) is 5.73 Å². The van der Waals surface area contributed by atoms with Crippen LogP contribution >= 0.6 is 0 Å². The zero-order valence-corrected chi connectivity index (χ0v) is 10.6. The first kappa shape index (κ1) is 13.1. The maximum Gasteiger partial charge on any atom is 0.244 e. The van der Waals surface area contributed by atoms with Crippen molar-refractivity contribution in [3.05, 3.63) is 11.4 Å². The summed E-state index contributed by atoms with van der Waals surface area (Å²) in [5.41, 5.74) is 6.57. The molecule has 1 heterocycles. The number of aryl methyl sites for hydroxylation is 1. The molecule has 0 saturated carbocycles. The molecule has 0 amide bonds. The number of aromatic nitrogens is 2. The summed E-state index contributed by atoms with van der Waals surface area (Å²) < 4.78 is 27.9. The van der Waals surface area contributed by atoms with E-state index in [-0.39, 0.29) is 4.90 Å². The maximum absolute atomic E-state index is 11.9. The SMILES string of the molecule is CCNS(=O)(=O)c1c(C)nn(CCN)c1C. The second-order valence-electron chi connectivity index (χ2n) is 3.51. The van der Waals surface area contributed by atoms with E-state index in [4.69, 9.17) is 5.73 Å². The Hall–Kier alpha value is -0.920. The van der Waals surface area contributed by atoms with Crippen LogP contribution in [0.1, 0.15) is 18.3 Å². The van der Waals surface area contributed by atoms with Gasteiger partial charge in [0.25, 0.3) is 0 Å². The lowest BCUT2D eigenvalue weighted by Crippen LogP contribution is -2.24. The molecule has 92 valence electrons. The summed E-state index contributed by atoms with van der Waals surface area (Å²) in [7, 11) is -3.44. The van der Waals surface area contributed by atoms with E-state index < -0.39 is 10.0 Å². The van der Waals surface area contributed by atoms with E-state index in [2.05, 4.69) is 9.82 Å². The standard InChI is InChI=1S/C9H18N4O2S/c1-4-11-16(14,15)9-7(2)12-13(6-5-10)8(9)3/h11H,4-6,10H2,1-3H3. The summed E-state index contributed by atoms with van der Waals surface area (Å²) >= 11 is 0. The number of hydrogen-bond donors (Lipinski definition) is 2. The third-order valence-corrected chi connectivity index (χ3v) is 4.06.